The lowest BCUT2D eigenvalue weighted by Gasteiger charge is -2.10. The van der Waals surface area contributed by atoms with Crippen LogP contribution in [-0.2, 0) is 9.59 Å². The second-order valence-electron chi connectivity index (χ2n) is 6.78. The molecule has 2 aromatic rings. The van der Waals surface area contributed by atoms with E-state index in [1.54, 1.807) is 0 Å². The van der Waals surface area contributed by atoms with Crippen molar-refractivity contribution in [3.05, 3.63) is 82.9 Å². The van der Waals surface area contributed by atoms with Crippen LogP contribution in [0.25, 0.3) is 11.1 Å². The molecule has 0 aromatic heterocycles. The minimum atomic E-state index is -0.103. The summed E-state index contributed by atoms with van der Waals surface area (Å²) in [6.45, 7) is 0.150. The Hall–Kier alpha value is -2.78. The molecule has 0 heterocycles. The number of ketones is 2. The summed E-state index contributed by atoms with van der Waals surface area (Å²) in [5, 5.41) is 9.19. The van der Waals surface area contributed by atoms with Gasteiger partial charge in [0.15, 0.2) is 11.6 Å². The Kier molecular flexibility index (Phi) is 4.39. The standard InChI is InChI=1S/C23H20O3/c24-12-6-9-16-13-19(18-11-5-4-10-17(16)18)23-21(26)14-20(25)22(23)15-7-2-1-3-8-15/h1-5,7-8,10-11,13,16,24H,6,9,12,14H2. The van der Waals surface area contributed by atoms with Gasteiger partial charge in [-0.05, 0) is 35.1 Å². The molecular formula is C23H20O3. The van der Waals surface area contributed by atoms with E-state index in [0.717, 1.165) is 23.1 Å². The van der Waals surface area contributed by atoms with E-state index < -0.39 is 0 Å². The number of hydrogen-bond donors (Lipinski definition) is 1. The van der Waals surface area contributed by atoms with Crippen molar-refractivity contribution < 1.29 is 14.7 Å². The molecule has 4 rings (SSSR count). The van der Waals surface area contributed by atoms with E-state index in [4.69, 9.17) is 0 Å². The normalized spacial score (nSPS) is 19.1. The average molecular weight is 344 g/mol. The third-order valence-corrected chi connectivity index (χ3v) is 5.15. The Morgan fingerprint density at radius 3 is 2.35 bits per heavy atom. The zero-order valence-corrected chi connectivity index (χ0v) is 14.4. The number of allylic oxidation sites excluding steroid dienone is 4. The molecular weight excluding hydrogens is 324 g/mol. The van der Waals surface area contributed by atoms with Crippen LogP contribution < -0.4 is 0 Å². The summed E-state index contributed by atoms with van der Waals surface area (Å²) in [7, 11) is 0. The quantitative estimate of drug-likeness (QED) is 0.836. The van der Waals surface area contributed by atoms with Gasteiger partial charge in [-0.2, -0.15) is 0 Å². The second-order valence-corrected chi connectivity index (χ2v) is 6.78. The van der Waals surface area contributed by atoms with E-state index in [1.165, 1.54) is 5.56 Å². The molecule has 0 spiro atoms. The molecule has 26 heavy (non-hydrogen) atoms. The summed E-state index contributed by atoms with van der Waals surface area (Å²) in [6.07, 6.45) is 3.59. The van der Waals surface area contributed by atoms with Gasteiger partial charge >= 0.3 is 0 Å². The first-order valence-electron chi connectivity index (χ1n) is 8.99. The molecule has 2 aliphatic carbocycles. The molecule has 0 aliphatic heterocycles. The van der Waals surface area contributed by atoms with E-state index in [9.17, 15) is 14.7 Å². The van der Waals surface area contributed by atoms with Crippen LogP contribution in [0.5, 0.6) is 0 Å². The molecule has 0 saturated carbocycles. The minimum absolute atomic E-state index is 0.0552. The molecule has 0 bridgehead atoms. The predicted octanol–water partition coefficient (Wildman–Crippen LogP) is 3.94. The van der Waals surface area contributed by atoms with E-state index in [1.807, 2.05) is 48.5 Å². The minimum Gasteiger partial charge on any atom is -0.396 e. The Balaban J connectivity index is 1.88. The summed E-state index contributed by atoms with van der Waals surface area (Å²) in [6, 6.07) is 17.5. The molecule has 2 aromatic carbocycles. The van der Waals surface area contributed by atoms with E-state index in [0.29, 0.717) is 17.6 Å². The van der Waals surface area contributed by atoms with Crippen LogP contribution in [0, 0.1) is 0 Å². The van der Waals surface area contributed by atoms with E-state index in [-0.39, 0.29) is 30.5 Å². The molecule has 3 heteroatoms. The van der Waals surface area contributed by atoms with Crippen molar-refractivity contribution in [3.8, 4) is 0 Å². The summed E-state index contributed by atoms with van der Waals surface area (Å²) >= 11 is 0. The van der Waals surface area contributed by atoms with Gasteiger partial charge in [-0.3, -0.25) is 9.59 Å². The zero-order valence-electron chi connectivity index (χ0n) is 14.4. The van der Waals surface area contributed by atoms with Crippen LogP contribution in [0.4, 0.5) is 0 Å². The van der Waals surface area contributed by atoms with Crippen molar-refractivity contribution in [2.24, 2.45) is 0 Å². The second kappa shape index (κ2) is 6.85. The fourth-order valence-corrected chi connectivity index (χ4v) is 4.01. The van der Waals surface area contributed by atoms with Gasteiger partial charge in [0.1, 0.15) is 0 Å². The van der Waals surface area contributed by atoms with Crippen molar-refractivity contribution in [3.63, 3.8) is 0 Å². The molecule has 0 fully saturated rings. The number of aliphatic hydroxyl groups excluding tert-OH is 1. The van der Waals surface area contributed by atoms with Gasteiger partial charge in [0.2, 0.25) is 0 Å². The molecule has 0 saturated heterocycles. The largest absolute Gasteiger partial charge is 0.396 e. The maximum Gasteiger partial charge on any atom is 0.171 e. The number of carbonyl (C=O) groups excluding carboxylic acids is 2. The molecule has 130 valence electrons. The van der Waals surface area contributed by atoms with Crippen molar-refractivity contribution in [1.82, 2.24) is 0 Å². The Morgan fingerprint density at radius 1 is 0.885 bits per heavy atom. The molecule has 3 nitrogen and oxygen atoms in total. The summed E-state index contributed by atoms with van der Waals surface area (Å²) in [4.78, 5) is 25.3. The lowest BCUT2D eigenvalue weighted by Crippen LogP contribution is -1.99. The van der Waals surface area contributed by atoms with Crippen molar-refractivity contribution in [2.75, 3.05) is 6.61 Å². The summed E-state index contributed by atoms with van der Waals surface area (Å²) in [5.41, 5.74) is 4.97. The molecule has 1 atom stereocenters. The number of rotatable bonds is 5. The maximum atomic E-state index is 12.7. The Morgan fingerprint density at radius 2 is 1.58 bits per heavy atom. The van der Waals surface area contributed by atoms with Gasteiger partial charge in [0, 0.05) is 23.7 Å². The number of carbonyl (C=O) groups is 2. The highest BCUT2D eigenvalue weighted by Crippen LogP contribution is 2.46. The SMILES string of the molecule is O=C1CC(=O)C(c2ccccc2)=C1C1=CC(CCCO)c2ccccc21. The van der Waals surface area contributed by atoms with Crippen LogP contribution in [0.15, 0.2) is 66.2 Å². The van der Waals surface area contributed by atoms with Gasteiger partial charge in [-0.15, -0.1) is 0 Å². The average Bonchev–Trinajstić information content (AvgIpc) is 3.17. The first kappa shape index (κ1) is 16.7. The summed E-state index contributed by atoms with van der Waals surface area (Å²) in [5.74, 6) is -0.0347. The van der Waals surface area contributed by atoms with E-state index in [2.05, 4.69) is 12.1 Å². The number of Topliss-reactive ketones (excluding diaryl/α,β-unsaturated/α-hetero) is 2. The van der Waals surface area contributed by atoms with Crippen molar-refractivity contribution in [2.45, 2.75) is 25.2 Å². The van der Waals surface area contributed by atoms with Gasteiger partial charge in [-0.25, -0.2) is 0 Å². The molecule has 0 amide bonds. The molecule has 0 radical (unpaired) electrons. The fourth-order valence-electron chi connectivity index (χ4n) is 4.01. The zero-order chi connectivity index (χ0) is 18.1. The first-order valence-corrected chi connectivity index (χ1v) is 8.99. The third kappa shape index (κ3) is 2.74. The van der Waals surface area contributed by atoms with Gasteiger partial charge < -0.3 is 5.11 Å². The van der Waals surface area contributed by atoms with Crippen LogP contribution >= 0.6 is 0 Å². The predicted molar refractivity (Wildman–Crippen MR) is 101 cm³/mol. The van der Waals surface area contributed by atoms with E-state index >= 15 is 0 Å². The highest BCUT2D eigenvalue weighted by molar-refractivity contribution is 6.42. The highest BCUT2D eigenvalue weighted by atomic mass is 16.3. The van der Waals surface area contributed by atoms with Crippen LogP contribution in [0.3, 0.4) is 0 Å². The lowest BCUT2D eigenvalue weighted by atomic mass is 9.92. The molecule has 1 N–H and O–H groups in total. The Bertz CT molecular complexity index is 935. The van der Waals surface area contributed by atoms with Crippen LogP contribution in [0.2, 0.25) is 0 Å². The number of hydrogen-bond acceptors (Lipinski definition) is 3. The number of benzene rings is 2. The number of aliphatic hydroxyl groups is 1. The van der Waals surface area contributed by atoms with Crippen molar-refractivity contribution in [1.29, 1.82) is 0 Å². The third-order valence-electron chi connectivity index (χ3n) is 5.15. The Labute approximate surface area is 152 Å². The van der Waals surface area contributed by atoms with Gasteiger partial charge in [0.05, 0.1) is 6.42 Å². The fraction of sp³-hybridized carbons (Fsp3) is 0.217. The van der Waals surface area contributed by atoms with Crippen molar-refractivity contribution >= 4 is 22.7 Å². The topological polar surface area (TPSA) is 54.4 Å². The smallest absolute Gasteiger partial charge is 0.171 e. The lowest BCUT2D eigenvalue weighted by molar-refractivity contribution is -0.120. The maximum absolute atomic E-state index is 12.7. The molecule has 1 unspecified atom stereocenters. The number of fused-ring (bicyclic) bond motifs is 1. The summed E-state index contributed by atoms with van der Waals surface area (Å²) < 4.78 is 0. The van der Waals surface area contributed by atoms with Crippen LogP contribution in [0.1, 0.15) is 41.9 Å². The highest BCUT2D eigenvalue weighted by Gasteiger charge is 2.36. The van der Waals surface area contributed by atoms with Gasteiger partial charge in [0.25, 0.3) is 0 Å². The first-order chi connectivity index (χ1) is 12.7. The molecule has 2 aliphatic rings. The van der Waals surface area contributed by atoms with Crippen LogP contribution in [-0.4, -0.2) is 23.3 Å². The van der Waals surface area contributed by atoms with Gasteiger partial charge in [-0.1, -0.05) is 60.7 Å². The monoisotopic (exact) mass is 344 g/mol.